The molecule has 2 rings (SSSR count). The number of benzene rings is 1. The van der Waals surface area contributed by atoms with Gasteiger partial charge < -0.3 is 4.42 Å². The van der Waals surface area contributed by atoms with E-state index in [9.17, 15) is 13.2 Å². The molecule has 3 nitrogen and oxygen atoms in total. The molecule has 1 aromatic heterocycles. The highest BCUT2D eigenvalue weighted by Gasteiger charge is 2.35. The summed E-state index contributed by atoms with van der Waals surface area (Å²) in [6.45, 7) is 5.53. The van der Waals surface area contributed by atoms with Crippen LogP contribution in [0.2, 0.25) is 0 Å². The van der Waals surface area contributed by atoms with Gasteiger partial charge in [-0.3, -0.25) is 0 Å². The Hall–Kier alpha value is -1.37. The van der Waals surface area contributed by atoms with Gasteiger partial charge in [0, 0.05) is 9.89 Å². The molecule has 0 amide bonds. The SMILES string of the molecule is CC(C)(C)c1nnc(-c2ccc(Br)cc2C(F)(F)F)o1. The lowest BCUT2D eigenvalue weighted by atomic mass is 9.97. The van der Waals surface area contributed by atoms with Crippen molar-refractivity contribution in [2.45, 2.75) is 32.4 Å². The Balaban J connectivity index is 2.56. The van der Waals surface area contributed by atoms with E-state index in [4.69, 9.17) is 4.42 Å². The minimum Gasteiger partial charge on any atom is -0.420 e. The average molecular weight is 349 g/mol. The van der Waals surface area contributed by atoms with Crippen LogP contribution < -0.4 is 0 Å². The minimum absolute atomic E-state index is 0.122. The van der Waals surface area contributed by atoms with Crippen LogP contribution in [0, 0.1) is 0 Å². The van der Waals surface area contributed by atoms with E-state index in [0.29, 0.717) is 10.4 Å². The molecule has 0 aliphatic rings. The predicted molar refractivity (Wildman–Crippen MR) is 71.1 cm³/mol. The summed E-state index contributed by atoms with van der Waals surface area (Å²) >= 11 is 3.03. The summed E-state index contributed by atoms with van der Waals surface area (Å²) < 4.78 is 44.8. The molecule has 0 saturated heterocycles. The Morgan fingerprint density at radius 2 is 1.75 bits per heavy atom. The van der Waals surface area contributed by atoms with Gasteiger partial charge in [-0.05, 0) is 18.2 Å². The highest BCUT2D eigenvalue weighted by molar-refractivity contribution is 9.10. The molecule has 2 aromatic rings. The molecule has 20 heavy (non-hydrogen) atoms. The zero-order valence-electron chi connectivity index (χ0n) is 11.0. The average Bonchev–Trinajstić information content (AvgIpc) is 2.76. The predicted octanol–water partition coefficient (Wildman–Crippen LogP) is 4.82. The Bertz CT molecular complexity index is 629. The van der Waals surface area contributed by atoms with Gasteiger partial charge in [-0.25, -0.2) is 0 Å². The van der Waals surface area contributed by atoms with E-state index in [2.05, 4.69) is 26.1 Å². The van der Waals surface area contributed by atoms with Gasteiger partial charge in [0.2, 0.25) is 11.8 Å². The molecule has 1 aromatic carbocycles. The second-order valence-electron chi connectivity index (χ2n) is 5.35. The first-order valence-corrected chi connectivity index (χ1v) is 6.59. The van der Waals surface area contributed by atoms with E-state index in [1.165, 1.54) is 12.1 Å². The zero-order valence-corrected chi connectivity index (χ0v) is 12.6. The van der Waals surface area contributed by atoms with E-state index in [1.54, 1.807) is 0 Å². The van der Waals surface area contributed by atoms with Gasteiger partial charge in [-0.2, -0.15) is 13.2 Å². The highest BCUT2D eigenvalue weighted by atomic mass is 79.9. The fraction of sp³-hybridized carbons (Fsp3) is 0.385. The van der Waals surface area contributed by atoms with Crippen molar-refractivity contribution < 1.29 is 17.6 Å². The lowest BCUT2D eigenvalue weighted by molar-refractivity contribution is -0.137. The smallest absolute Gasteiger partial charge is 0.417 e. The van der Waals surface area contributed by atoms with Crippen LogP contribution in [-0.4, -0.2) is 10.2 Å². The Morgan fingerprint density at radius 1 is 1.10 bits per heavy atom. The van der Waals surface area contributed by atoms with Crippen LogP contribution >= 0.6 is 15.9 Å². The molecule has 0 saturated carbocycles. The van der Waals surface area contributed by atoms with Crippen LogP contribution in [0.25, 0.3) is 11.5 Å². The molecule has 108 valence electrons. The van der Waals surface area contributed by atoms with E-state index in [0.717, 1.165) is 6.07 Å². The molecule has 0 fully saturated rings. The summed E-state index contributed by atoms with van der Waals surface area (Å²) in [7, 11) is 0. The van der Waals surface area contributed by atoms with Crippen molar-refractivity contribution in [3.63, 3.8) is 0 Å². The van der Waals surface area contributed by atoms with Gasteiger partial charge in [0.15, 0.2) is 0 Å². The summed E-state index contributed by atoms with van der Waals surface area (Å²) in [6.07, 6.45) is -4.49. The van der Waals surface area contributed by atoms with E-state index in [1.807, 2.05) is 20.8 Å². The molecule has 0 N–H and O–H groups in total. The van der Waals surface area contributed by atoms with E-state index >= 15 is 0 Å². The summed E-state index contributed by atoms with van der Waals surface area (Å²) in [5, 5.41) is 7.54. The standard InChI is InChI=1S/C13H12BrF3N2O/c1-12(2,3)11-19-18-10(20-11)8-5-4-7(14)6-9(8)13(15,16)17/h4-6H,1-3H3. The van der Waals surface area contributed by atoms with E-state index < -0.39 is 17.2 Å². The summed E-state index contributed by atoms with van der Waals surface area (Å²) in [5.41, 5.74) is -1.35. The lowest BCUT2D eigenvalue weighted by Gasteiger charge is -2.12. The van der Waals surface area contributed by atoms with Crippen molar-refractivity contribution in [2.24, 2.45) is 0 Å². The highest BCUT2D eigenvalue weighted by Crippen LogP contribution is 2.38. The summed E-state index contributed by atoms with van der Waals surface area (Å²) in [4.78, 5) is 0. The second-order valence-corrected chi connectivity index (χ2v) is 6.27. The molecule has 1 heterocycles. The normalized spacial score (nSPS) is 12.8. The lowest BCUT2D eigenvalue weighted by Crippen LogP contribution is -2.11. The van der Waals surface area contributed by atoms with Crippen molar-refractivity contribution in [1.82, 2.24) is 10.2 Å². The Morgan fingerprint density at radius 3 is 2.25 bits per heavy atom. The van der Waals surface area contributed by atoms with Crippen LogP contribution in [0.4, 0.5) is 13.2 Å². The molecule has 7 heteroatoms. The molecule has 0 atom stereocenters. The first kappa shape index (κ1) is 15.0. The number of halogens is 4. The van der Waals surface area contributed by atoms with Gasteiger partial charge in [0.1, 0.15) is 0 Å². The van der Waals surface area contributed by atoms with Crippen molar-refractivity contribution in [1.29, 1.82) is 0 Å². The first-order chi connectivity index (χ1) is 9.09. The quantitative estimate of drug-likeness (QED) is 0.741. The third kappa shape index (κ3) is 3.03. The van der Waals surface area contributed by atoms with Crippen LogP contribution in [0.1, 0.15) is 32.2 Å². The molecule has 0 bridgehead atoms. The molecule has 0 radical (unpaired) electrons. The van der Waals surface area contributed by atoms with Crippen LogP contribution in [0.3, 0.4) is 0 Å². The van der Waals surface area contributed by atoms with Crippen LogP contribution in [0.15, 0.2) is 27.1 Å². The molecule has 0 unspecified atom stereocenters. The van der Waals surface area contributed by atoms with Crippen molar-refractivity contribution in [2.75, 3.05) is 0 Å². The third-order valence-electron chi connectivity index (χ3n) is 2.58. The van der Waals surface area contributed by atoms with Gasteiger partial charge in [-0.15, -0.1) is 10.2 Å². The molecule has 0 spiro atoms. The van der Waals surface area contributed by atoms with Crippen LogP contribution in [-0.2, 0) is 11.6 Å². The second kappa shape index (κ2) is 4.87. The minimum atomic E-state index is -4.49. The van der Waals surface area contributed by atoms with Crippen molar-refractivity contribution >= 4 is 15.9 Å². The number of nitrogens with zero attached hydrogens (tertiary/aromatic N) is 2. The number of rotatable bonds is 1. The number of aromatic nitrogens is 2. The Labute approximate surface area is 122 Å². The molecule has 0 aliphatic heterocycles. The maximum absolute atomic E-state index is 13.0. The molecule has 0 aliphatic carbocycles. The maximum atomic E-state index is 13.0. The van der Waals surface area contributed by atoms with Crippen molar-refractivity contribution in [3.8, 4) is 11.5 Å². The Kier molecular flexibility index (Phi) is 3.66. The number of alkyl halides is 3. The zero-order chi connectivity index (χ0) is 15.1. The largest absolute Gasteiger partial charge is 0.420 e. The van der Waals surface area contributed by atoms with E-state index in [-0.39, 0.29) is 11.5 Å². The summed E-state index contributed by atoms with van der Waals surface area (Å²) in [6, 6.07) is 3.81. The monoisotopic (exact) mass is 348 g/mol. The maximum Gasteiger partial charge on any atom is 0.417 e. The molecular weight excluding hydrogens is 337 g/mol. The van der Waals surface area contributed by atoms with Gasteiger partial charge in [-0.1, -0.05) is 36.7 Å². The third-order valence-corrected chi connectivity index (χ3v) is 3.08. The summed E-state index contributed by atoms with van der Waals surface area (Å²) in [5.74, 6) is 0.165. The first-order valence-electron chi connectivity index (χ1n) is 5.80. The van der Waals surface area contributed by atoms with Gasteiger partial charge in [0.25, 0.3) is 0 Å². The number of hydrogen-bond acceptors (Lipinski definition) is 3. The fourth-order valence-corrected chi connectivity index (χ4v) is 1.93. The molecular formula is C13H12BrF3N2O. The number of hydrogen-bond donors (Lipinski definition) is 0. The van der Waals surface area contributed by atoms with Crippen LogP contribution in [0.5, 0.6) is 0 Å². The van der Waals surface area contributed by atoms with Gasteiger partial charge in [0.05, 0.1) is 11.1 Å². The topological polar surface area (TPSA) is 38.9 Å². The van der Waals surface area contributed by atoms with Gasteiger partial charge >= 0.3 is 6.18 Å². The fourth-order valence-electron chi connectivity index (χ4n) is 1.57. The van der Waals surface area contributed by atoms with Crippen molar-refractivity contribution in [3.05, 3.63) is 34.1 Å².